The molecule has 1 aromatic heterocycles. The van der Waals surface area contributed by atoms with Gasteiger partial charge in [-0.1, -0.05) is 55.5 Å². The second kappa shape index (κ2) is 8.68. The third-order valence-electron chi connectivity index (χ3n) is 6.11. The largest absolute Gasteiger partial charge is 0.452 e. The Kier molecular flexibility index (Phi) is 5.53. The number of nitrogens with zero attached hydrogens (tertiary/aromatic N) is 1. The van der Waals surface area contributed by atoms with E-state index in [4.69, 9.17) is 9.15 Å². The number of hydrogen-bond donors (Lipinski definition) is 0. The minimum atomic E-state index is -1.26. The van der Waals surface area contributed by atoms with E-state index < -0.39 is 29.3 Å². The Labute approximate surface area is 200 Å². The lowest BCUT2D eigenvalue weighted by Gasteiger charge is -2.21. The number of imide groups is 1. The third kappa shape index (κ3) is 3.71. The summed E-state index contributed by atoms with van der Waals surface area (Å²) in [5, 5.41) is 0.278. The van der Waals surface area contributed by atoms with Gasteiger partial charge in [0, 0.05) is 5.56 Å². The normalized spacial score (nSPS) is 13.7. The number of amides is 2. The van der Waals surface area contributed by atoms with E-state index in [0.717, 1.165) is 10.5 Å². The summed E-state index contributed by atoms with van der Waals surface area (Å²) in [6.45, 7) is 3.36. The minimum absolute atomic E-state index is 0.0928. The highest BCUT2D eigenvalue weighted by molar-refractivity contribution is 6.22. The maximum atomic E-state index is 13.5. The van der Waals surface area contributed by atoms with Crippen molar-refractivity contribution in [3.63, 3.8) is 0 Å². The maximum absolute atomic E-state index is 13.5. The van der Waals surface area contributed by atoms with Crippen LogP contribution < -0.4 is 10.2 Å². The van der Waals surface area contributed by atoms with Gasteiger partial charge in [0.1, 0.15) is 11.6 Å². The van der Waals surface area contributed by atoms with Crippen LogP contribution in [0.2, 0.25) is 0 Å². The number of carbonyl (C=O) groups excluding carboxylic acids is 3. The van der Waals surface area contributed by atoms with E-state index in [1.165, 1.54) is 19.1 Å². The maximum Gasteiger partial charge on any atom is 0.334 e. The molecule has 0 saturated heterocycles. The molecule has 0 bridgehead atoms. The van der Waals surface area contributed by atoms with Crippen LogP contribution in [0.25, 0.3) is 22.3 Å². The standard InChI is InChI=1S/C28H21NO6/c1-3-17-13-14-22-21(15-17)23(30)25(24(34-22)18-9-5-4-6-10-18)35-28(33)16(2)29-26(31)19-11-7-8-12-20(19)27(29)32/h4-16H,3H2,1-2H3/t16-/m0/s1. The second-order valence-electron chi connectivity index (χ2n) is 8.26. The van der Waals surface area contributed by atoms with Crippen molar-refractivity contribution in [3.8, 4) is 17.1 Å². The van der Waals surface area contributed by atoms with Crippen molar-refractivity contribution in [3.05, 3.63) is 99.7 Å². The lowest BCUT2D eigenvalue weighted by molar-refractivity contribution is -0.138. The molecule has 5 rings (SSSR count). The molecule has 1 aliphatic rings. The molecule has 7 nitrogen and oxygen atoms in total. The fourth-order valence-corrected chi connectivity index (χ4v) is 4.17. The van der Waals surface area contributed by atoms with Gasteiger partial charge in [-0.3, -0.25) is 19.3 Å². The first-order valence-electron chi connectivity index (χ1n) is 11.2. The summed E-state index contributed by atoms with van der Waals surface area (Å²) in [5.41, 5.74) is 1.76. The molecule has 4 aromatic rings. The van der Waals surface area contributed by atoms with Crippen molar-refractivity contribution in [2.24, 2.45) is 0 Å². The Hall–Kier alpha value is -4.52. The highest BCUT2D eigenvalue weighted by Crippen LogP contribution is 2.32. The summed E-state index contributed by atoms with van der Waals surface area (Å²) in [5.74, 6) is -2.29. The fourth-order valence-electron chi connectivity index (χ4n) is 4.17. The van der Waals surface area contributed by atoms with E-state index in [0.29, 0.717) is 17.6 Å². The van der Waals surface area contributed by atoms with Crippen LogP contribution in [-0.4, -0.2) is 28.7 Å². The number of benzene rings is 3. The average molecular weight is 467 g/mol. The third-order valence-corrected chi connectivity index (χ3v) is 6.11. The van der Waals surface area contributed by atoms with Crippen molar-refractivity contribution >= 4 is 28.8 Å². The number of rotatable bonds is 5. The van der Waals surface area contributed by atoms with Gasteiger partial charge in [0.05, 0.1) is 16.5 Å². The monoisotopic (exact) mass is 467 g/mol. The molecule has 0 fully saturated rings. The van der Waals surface area contributed by atoms with Gasteiger partial charge < -0.3 is 9.15 Å². The zero-order valence-corrected chi connectivity index (χ0v) is 19.1. The number of ether oxygens (including phenoxy) is 1. The molecule has 0 N–H and O–H groups in total. The van der Waals surface area contributed by atoms with Crippen LogP contribution in [0.4, 0.5) is 0 Å². The van der Waals surface area contributed by atoms with Crippen LogP contribution in [0.5, 0.6) is 5.75 Å². The van der Waals surface area contributed by atoms with Crippen LogP contribution in [-0.2, 0) is 11.2 Å². The van der Waals surface area contributed by atoms with Crippen molar-refractivity contribution in [2.45, 2.75) is 26.3 Å². The molecular weight excluding hydrogens is 446 g/mol. The second-order valence-corrected chi connectivity index (χ2v) is 8.26. The lowest BCUT2D eigenvalue weighted by atomic mass is 10.1. The predicted molar refractivity (Wildman–Crippen MR) is 129 cm³/mol. The first-order chi connectivity index (χ1) is 16.9. The molecular formula is C28H21NO6. The van der Waals surface area contributed by atoms with E-state index >= 15 is 0 Å². The van der Waals surface area contributed by atoms with E-state index in [1.807, 2.05) is 19.1 Å². The smallest absolute Gasteiger partial charge is 0.334 e. The molecule has 1 aliphatic heterocycles. The van der Waals surface area contributed by atoms with Gasteiger partial charge in [0.25, 0.3) is 11.8 Å². The van der Waals surface area contributed by atoms with Crippen molar-refractivity contribution < 1.29 is 23.5 Å². The fraction of sp³-hybridized carbons (Fsp3) is 0.143. The Morgan fingerprint density at radius 3 is 2.17 bits per heavy atom. The zero-order chi connectivity index (χ0) is 24.7. The highest BCUT2D eigenvalue weighted by atomic mass is 16.5. The average Bonchev–Trinajstić information content (AvgIpc) is 3.15. The van der Waals surface area contributed by atoms with E-state index in [-0.39, 0.29) is 28.0 Å². The van der Waals surface area contributed by atoms with Gasteiger partial charge in [0.2, 0.25) is 11.2 Å². The number of esters is 1. The number of aryl methyl sites for hydroxylation is 1. The highest BCUT2D eigenvalue weighted by Gasteiger charge is 2.41. The molecule has 2 heterocycles. The Morgan fingerprint density at radius 2 is 1.54 bits per heavy atom. The molecule has 0 saturated carbocycles. The Morgan fingerprint density at radius 1 is 0.914 bits per heavy atom. The first-order valence-corrected chi connectivity index (χ1v) is 11.2. The summed E-state index contributed by atoms with van der Waals surface area (Å²) < 4.78 is 11.6. The number of carbonyl (C=O) groups is 3. The van der Waals surface area contributed by atoms with Gasteiger partial charge >= 0.3 is 5.97 Å². The summed E-state index contributed by atoms with van der Waals surface area (Å²) >= 11 is 0. The summed E-state index contributed by atoms with van der Waals surface area (Å²) in [4.78, 5) is 53.2. The molecule has 2 amide bonds. The molecule has 1 atom stereocenters. The summed E-state index contributed by atoms with van der Waals surface area (Å²) in [6.07, 6.45) is 0.710. The summed E-state index contributed by atoms with van der Waals surface area (Å²) in [7, 11) is 0. The lowest BCUT2D eigenvalue weighted by Crippen LogP contribution is -2.45. The molecule has 0 spiro atoms. The van der Waals surface area contributed by atoms with Gasteiger partial charge in [-0.15, -0.1) is 0 Å². The first kappa shape index (κ1) is 22.3. The predicted octanol–water partition coefficient (Wildman–Crippen LogP) is 4.61. The number of fused-ring (bicyclic) bond motifs is 2. The van der Waals surface area contributed by atoms with E-state index in [2.05, 4.69) is 0 Å². The van der Waals surface area contributed by atoms with Gasteiger partial charge in [0.15, 0.2) is 5.76 Å². The molecule has 7 heteroatoms. The van der Waals surface area contributed by atoms with Gasteiger partial charge in [-0.2, -0.15) is 0 Å². The molecule has 3 aromatic carbocycles. The summed E-state index contributed by atoms with van der Waals surface area (Å²) in [6, 6.07) is 19.2. The van der Waals surface area contributed by atoms with Gasteiger partial charge in [-0.05, 0) is 43.2 Å². The minimum Gasteiger partial charge on any atom is -0.452 e. The van der Waals surface area contributed by atoms with Crippen molar-refractivity contribution in [1.29, 1.82) is 0 Å². The Balaban J connectivity index is 1.57. The zero-order valence-electron chi connectivity index (χ0n) is 19.1. The van der Waals surface area contributed by atoms with Crippen LogP contribution in [0.1, 0.15) is 40.1 Å². The van der Waals surface area contributed by atoms with Crippen LogP contribution in [0.3, 0.4) is 0 Å². The molecule has 35 heavy (non-hydrogen) atoms. The van der Waals surface area contributed by atoms with Crippen LogP contribution in [0, 0.1) is 0 Å². The number of hydrogen-bond acceptors (Lipinski definition) is 6. The SMILES string of the molecule is CCc1ccc2oc(-c3ccccc3)c(OC(=O)[C@H](C)N3C(=O)c4ccccc4C3=O)c(=O)c2c1. The van der Waals surface area contributed by atoms with Crippen molar-refractivity contribution in [2.75, 3.05) is 0 Å². The Bertz CT molecular complexity index is 1520. The van der Waals surface area contributed by atoms with Crippen LogP contribution >= 0.6 is 0 Å². The molecule has 174 valence electrons. The van der Waals surface area contributed by atoms with E-state index in [1.54, 1.807) is 48.5 Å². The van der Waals surface area contributed by atoms with Crippen molar-refractivity contribution in [1.82, 2.24) is 4.90 Å². The quantitative estimate of drug-likeness (QED) is 0.314. The van der Waals surface area contributed by atoms with Crippen LogP contribution in [0.15, 0.2) is 82.0 Å². The van der Waals surface area contributed by atoms with E-state index in [9.17, 15) is 19.2 Å². The molecule has 0 unspecified atom stereocenters. The molecule has 0 radical (unpaired) electrons. The molecule has 0 aliphatic carbocycles. The van der Waals surface area contributed by atoms with Gasteiger partial charge in [-0.25, -0.2) is 4.79 Å². The topological polar surface area (TPSA) is 93.9 Å².